The van der Waals surface area contributed by atoms with Crippen molar-refractivity contribution in [3.63, 3.8) is 0 Å². The van der Waals surface area contributed by atoms with Gasteiger partial charge < -0.3 is 20.5 Å². The van der Waals surface area contributed by atoms with Gasteiger partial charge in [-0.25, -0.2) is 0 Å². The van der Waals surface area contributed by atoms with Gasteiger partial charge in [-0.05, 0) is 35.4 Å². The van der Waals surface area contributed by atoms with Crippen molar-refractivity contribution in [3.8, 4) is 5.75 Å². The number of nitrogens with one attached hydrogen (secondary N) is 2. The summed E-state index contributed by atoms with van der Waals surface area (Å²) in [5, 5.41) is 16.0. The predicted molar refractivity (Wildman–Crippen MR) is 89.5 cm³/mol. The topological polar surface area (TPSA) is 70.6 Å². The van der Waals surface area contributed by atoms with Gasteiger partial charge >= 0.3 is 0 Å². The SMILES string of the molecule is CNC(=O)c1ccc(CNCC(O)c2cccc(OC)c2)cc1. The fraction of sp³-hybridized carbons (Fsp3) is 0.278. The second-order valence-electron chi connectivity index (χ2n) is 5.20. The molecule has 1 amide bonds. The van der Waals surface area contributed by atoms with E-state index in [0.717, 1.165) is 16.9 Å². The fourth-order valence-electron chi connectivity index (χ4n) is 2.24. The molecule has 23 heavy (non-hydrogen) atoms. The summed E-state index contributed by atoms with van der Waals surface area (Å²) in [5.74, 6) is 0.629. The first-order valence-corrected chi connectivity index (χ1v) is 7.48. The van der Waals surface area contributed by atoms with Crippen LogP contribution in [-0.4, -0.2) is 31.7 Å². The van der Waals surface area contributed by atoms with Crippen molar-refractivity contribution < 1.29 is 14.6 Å². The quantitative estimate of drug-likeness (QED) is 0.730. The molecule has 5 nitrogen and oxygen atoms in total. The Hall–Kier alpha value is -2.37. The van der Waals surface area contributed by atoms with E-state index < -0.39 is 6.10 Å². The van der Waals surface area contributed by atoms with Crippen molar-refractivity contribution >= 4 is 5.91 Å². The standard InChI is InChI=1S/C18H22N2O3/c1-19-18(22)14-8-6-13(7-9-14)11-20-12-17(21)15-4-3-5-16(10-15)23-2/h3-10,17,20-21H,11-12H2,1-2H3,(H,19,22). The van der Waals surface area contributed by atoms with E-state index in [4.69, 9.17) is 4.74 Å². The number of carbonyl (C=O) groups excluding carboxylic acids is 1. The Balaban J connectivity index is 1.85. The zero-order chi connectivity index (χ0) is 16.7. The lowest BCUT2D eigenvalue weighted by Crippen LogP contribution is -2.21. The Morgan fingerprint density at radius 1 is 1.22 bits per heavy atom. The molecule has 0 bridgehead atoms. The normalized spacial score (nSPS) is 11.8. The highest BCUT2D eigenvalue weighted by Crippen LogP contribution is 2.18. The molecule has 1 atom stereocenters. The van der Waals surface area contributed by atoms with Crippen molar-refractivity contribution in [2.45, 2.75) is 12.6 Å². The van der Waals surface area contributed by atoms with Crippen molar-refractivity contribution in [1.29, 1.82) is 0 Å². The zero-order valence-electron chi connectivity index (χ0n) is 13.4. The van der Waals surface area contributed by atoms with Gasteiger partial charge in [0.05, 0.1) is 13.2 Å². The second kappa shape index (κ2) is 8.31. The number of hydrogen-bond acceptors (Lipinski definition) is 4. The zero-order valence-corrected chi connectivity index (χ0v) is 13.4. The Labute approximate surface area is 136 Å². The number of amides is 1. The maximum atomic E-state index is 11.5. The molecule has 0 aliphatic carbocycles. The summed E-state index contributed by atoms with van der Waals surface area (Å²) in [7, 11) is 3.21. The molecule has 5 heteroatoms. The van der Waals surface area contributed by atoms with Crippen LogP contribution in [0.2, 0.25) is 0 Å². The van der Waals surface area contributed by atoms with Crippen LogP contribution in [-0.2, 0) is 6.54 Å². The van der Waals surface area contributed by atoms with E-state index in [1.807, 2.05) is 36.4 Å². The number of rotatable bonds is 7. The number of aliphatic hydroxyl groups excluding tert-OH is 1. The third kappa shape index (κ3) is 4.81. The summed E-state index contributed by atoms with van der Waals surface area (Å²) in [6.07, 6.45) is -0.602. The molecule has 0 radical (unpaired) electrons. The fourth-order valence-corrected chi connectivity index (χ4v) is 2.24. The lowest BCUT2D eigenvalue weighted by Gasteiger charge is -2.13. The largest absolute Gasteiger partial charge is 0.497 e. The molecule has 0 spiro atoms. The molecule has 0 aromatic heterocycles. The molecule has 0 aliphatic heterocycles. The average molecular weight is 314 g/mol. The van der Waals surface area contributed by atoms with Crippen LogP contribution in [0, 0.1) is 0 Å². The minimum absolute atomic E-state index is 0.0991. The van der Waals surface area contributed by atoms with Gasteiger partial charge in [-0.15, -0.1) is 0 Å². The molecule has 3 N–H and O–H groups in total. The molecule has 0 aliphatic rings. The van der Waals surface area contributed by atoms with Gasteiger partial charge in [-0.2, -0.15) is 0 Å². The van der Waals surface area contributed by atoms with Crippen molar-refractivity contribution in [2.75, 3.05) is 20.7 Å². The van der Waals surface area contributed by atoms with Gasteiger partial charge in [-0.1, -0.05) is 24.3 Å². The van der Waals surface area contributed by atoms with Crippen LogP contribution >= 0.6 is 0 Å². The van der Waals surface area contributed by atoms with Gasteiger partial charge in [0.1, 0.15) is 5.75 Å². The Morgan fingerprint density at radius 2 is 1.96 bits per heavy atom. The van der Waals surface area contributed by atoms with Crippen LogP contribution in [0.15, 0.2) is 48.5 Å². The third-order valence-corrected chi connectivity index (χ3v) is 3.59. The van der Waals surface area contributed by atoms with E-state index in [2.05, 4.69) is 10.6 Å². The molecule has 2 rings (SSSR count). The second-order valence-corrected chi connectivity index (χ2v) is 5.20. The first-order valence-electron chi connectivity index (χ1n) is 7.48. The summed E-state index contributed by atoms with van der Waals surface area (Å²) in [6, 6.07) is 14.8. The number of carbonyl (C=O) groups is 1. The van der Waals surface area contributed by atoms with Crippen LogP contribution in [0.1, 0.15) is 27.6 Å². The monoisotopic (exact) mass is 314 g/mol. The number of benzene rings is 2. The van der Waals surface area contributed by atoms with Gasteiger partial charge in [-0.3, -0.25) is 4.79 Å². The third-order valence-electron chi connectivity index (χ3n) is 3.59. The molecule has 122 valence electrons. The van der Waals surface area contributed by atoms with E-state index >= 15 is 0 Å². The summed E-state index contributed by atoms with van der Waals surface area (Å²) in [4.78, 5) is 11.5. The highest BCUT2D eigenvalue weighted by Gasteiger charge is 2.08. The first-order chi connectivity index (χ1) is 11.1. The van der Waals surface area contributed by atoms with Gasteiger partial charge in [0, 0.05) is 25.7 Å². The summed E-state index contributed by atoms with van der Waals surface area (Å²) >= 11 is 0. The Morgan fingerprint density at radius 3 is 2.61 bits per heavy atom. The summed E-state index contributed by atoms with van der Waals surface area (Å²) < 4.78 is 5.15. The minimum atomic E-state index is -0.602. The van der Waals surface area contributed by atoms with Gasteiger partial charge in [0.2, 0.25) is 0 Å². The number of hydrogen-bond donors (Lipinski definition) is 3. The average Bonchev–Trinajstić information content (AvgIpc) is 2.61. The van der Waals surface area contributed by atoms with Crippen LogP contribution in [0.4, 0.5) is 0 Å². The van der Waals surface area contributed by atoms with Crippen LogP contribution in [0.25, 0.3) is 0 Å². The van der Waals surface area contributed by atoms with Gasteiger partial charge in [0.25, 0.3) is 5.91 Å². The molecular weight excluding hydrogens is 292 g/mol. The van der Waals surface area contributed by atoms with E-state index in [1.165, 1.54) is 0 Å². The lowest BCUT2D eigenvalue weighted by atomic mass is 10.1. The molecule has 1 unspecified atom stereocenters. The predicted octanol–water partition coefficient (Wildman–Crippen LogP) is 1.88. The van der Waals surface area contributed by atoms with E-state index in [9.17, 15) is 9.90 Å². The van der Waals surface area contributed by atoms with Gasteiger partial charge in [0.15, 0.2) is 0 Å². The number of ether oxygens (including phenoxy) is 1. The lowest BCUT2D eigenvalue weighted by molar-refractivity contribution is 0.0963. The van der Waals surface area contributed by atoms with Crippen molar-refractivity contribution in [1.82, 2.24) is 10.6 Å². The molecule has 2 aromatic rings. The summed E-state index contributed by atoms with van der Waals surface area (Å²) in [5.41, 5.74) is 2.50. The highest BCUT2D eigenvalue weighted by atomic mass is 16.5. The van der Waals surface area contributed by atoms with Crippen LogP contribution < -0.4 is 15.4 Å². The van der Waals surface area contributed by atoms with Crippen molar-refractivity contribution in [2.24, 2.45) is 0 Å². The molecule has 0 saturated carbocycles. The molecule has 0 fully saturated rings. The maximum Gasteiger partial charge on any atom is 0.251 e. The van der Waals surface area contributed by atoms with Crippen LogP contribution in [0.3, 0.4) is 0 Å². The molecule has 0 saturated heterocycles. The van der Waals surface area contributed by atoms with Crippen LogP contribution in [0.5, 0.6) is 5.75 Å². The number of methoxy groups -OCH3 is 1. The van der Waals surface area contributed by atoms with E-state index in [0.29, 0.717) is 18.7 Å². The highest BCUT2D eigenvalue weighted by molar-refractivity contribution is 5.93. The minimum Gasteiger partial charge on any atom is -0.497 e. The first kappa shape index (κ1) is 17.0. The maximum absolute atomic E-state index is 11.5. The van der Waals surface area contributed by atoms with Crippen molar-refractivity contribution in [3.05, 3.63) is 65.2 Å². The smallest absolute Gasteiger partial charge is 0.251 e. The number of aliphatic hydroxyl groups is 1. The molecule has 0 heterocycles. The van der Waals surface area contributed by atoms with E-state index in [1.54, 1.807) is 26.3 Å². The Kier molecular flexibility index (Phi) is 6.14. The molecular formula is C18H22N2O3. The molecule has 2 aromatic carbocycles. The Bertz CT molecular complexity index is 641. The van der Waals surface area contributed by atoms with E-state index in [-0.39, 0.29) is 5.91 Å². The summed E-state index contributed by atoms with van der Waals surface area (Å²) in [6.45, 7) is 1.05.